The van der Waals surface area contributed by atoms with Crippen molar-refractivity contribution in [2.45, 2.75) is 57.4 Å². The third-order valence-corrected chi connectivity index (χ3v) is 10.2. The van der Waals surface area contributed by atoms with Crippen LogP contribution >= 0.6 is 23.2 Å². The first-order valence-corrected chi connectivity index (χ1v) is 18.0. The minimum absolute atomic E-state index is 0.0615. The summed E-state index contributed by atoms with van der Waals surface area (Å²) in [5.41, 5.74) is 3.68. The van der Waals surface area contributed by atoms with Gasteiger partial charge in [-0.1, -0.05) is 105 Å². The Hall–Kier alpha value is -4.90. The van der Waals surface area contributed by atoms with Gasteiger partial charge >= 0.3 is 0 Å². The second kappa shape index (κ2) is 15.1. The number of ketones is 2. The molecule has 0 spiro atoms. The number of carbonyl (C=O) groups is 2. The molecular formula is C45H40Cl2O4. The number of carbonyl (C=O) groups excluding carboxylic acids is 2. The van der Waals surface area contributed by atoms with Crippen LogP contribution in [0.3, 0.4) is 0 Å². The molecule has 6 heteroatoms. The van der Waals surface area contributed by atoms with Gasteiger partial charge < -0.3 is 9.47 Å². The quantitative estimate of drug-likeness (QED) is 0.0882. The number of fused-ring (bicyclic) bond motifs is 1. The van der Waals surface area contributed by atoms with Crippen molar-refractivity contribution in [3.63, 3.8) is 0 Å². The lowest BCUT2D eigenvalue weighted by Gasteiger charge is -2.31. The van der Waals surface area contributed by atoms with Gasteiger partial charge in [0.15, 0.2) is 11.6 Å². The molecule has 6 rings (SSSR count). The molecule has 0 N–H and O–H groups in total. The lowest BCUT2D eigenvalue weighted by molar-refractivity contribution is 0.0844. The lowest BCUT2D eigenvalue weighted by Crippen LogP contribution is -2.28. The van der Waals surface area contributed by atoms with Crippen LogP contribution in [0.4, 0.5) is 0 Å². The first-order chi connectivity index (χ1) is 24.5. The Morgan fingerprint density at radius 1 is 0.588 bits per heavy atom. The van der Waals surface area contributed by atoms with Gasteiger partial charge in [-0.25, -0.2) is 0 Å². The number of alkyl halides is 1. The van der Waals surface area contributed by atoms with Crippen LogP contribution in [0.5, 0.6) is 17.2 Å². The van der Waals surface area contributed by atoms with Crippen LogP contribution in [0, 0.1) is 0 Å². The Balaban J connectivity index is 1.18. The van der Waals surface area contributed by atoms with Gasteiger partial charge in [-0.3, -0.25) is 9.59 Å². The van der Waals surface area contributed by atoms with Gasteiger partial charge in [0.05, 0.1) is 4.87 Å². The van der Waals surface area contributed by atoms with Crippen molar-refractivity contribution >= 4 is 45.5 Å². The maximum atomic E-state index is 13.3. The van der Waals surface area contributed by atoms with Crippen molar-refractivity contribution in [3.8, 4) is 17.2 Å². The molecule has 0 saturated carbocycles. The van der Waals surface area contributed by atoms with Crippen LogP contribution in [0.25, 0.3) is 10.8 Å². The van der Waals surface area contributed by atoms with Crippen molar-refractivity contribution in [2.75, 3.05) is 0 Å². The van der Waals surface area contributed by atoms with Gasteiger partial charge in [0.25, 0.3) is 0 Å². The summed E-state index contributed by atoms with van der Waals surface area (Å²) in [6.45, 7) is 8.26. The van der Waals surface area contributed by atoms with Gasteiger partial charge in [0, 0.05) is 38.0 Å². The minimum atomic E-state index is -0.658. The molecule has 0 aliphatic heterocycles. The van der Waals surface area contributed by atoms with E-state index in [1.54, 1.807) is 36.4 Å². The molecule has 0 aromatic heterocycles. The fourth-order valence-electron chi connectivity index (χ4n) is 6.29. The summed E-state index contributed by atoms with van der Waals surface area (Å²) in [7, 11) is 0. The Bertz CT molecular complexity index is 2150. The maximum absolute atomic E-state index is 13.3. The van der Waals surface area contributed by atoms with Crippen LogP contribution in [0.1, 0.15) is 89.9 Å². The van der Waals surface area contributed by atoms with E-state index >= 15 is 0 Å². The first kappa shape index (κ1) is 35.9. The van der Waals surface area contributed by atoms with Gasteiger partial charge in [0.2, 0.25) is 0 Å². The molecule has 4 nitrogen and oxygen atoms in total. The predicted octanol–water partition coefficient (Wildman–Crippen LogP) is 12.7. The highest BCUT2D eigenvalue weighted by Crippen LogP contribution is 2.40. The molecule has 6 aromatic carbocycles. The Kier molecular flexibility index (Phi) is 10.7. The summed E-state index contributed by atoms with van der Waals surface area (Å²) in [5.74, 6) is 1.89. The van der Waals surface area contributed by atoms with Crippen LogP contribution < -0.4 is 9.47 Å². The van der Waals surface area contributed by atoms with E-state index in [-0.39, 0.29) is 11.6 Å². The number of ether oxygens (including phenoxy) is 2. The zero-order valence-corrected chi connectivity index (χ0v) is 30.7. The number of hydrogen-bond acceptors (Lipinski definition) is 4. The molecule has 6 aromatic rings. The molecular weight excluding hydrogens is 675 g/mol. The zero-order valence-electron chi connectivity index (χ0n) is 29.2. The second-order valence-electron chi connectivity index (χ2n) is 13.2. The van der Waals surface area contributed by atoms with E-state index in [0.717, 1.165) is 40.5 Å². The van der Waals surface area contributed by atoms with Crippen molar-refractivity contribution in [1.29, 1.82) is 0 Å². The van der Waals surface area contributed by atoms with E-state index in [0.29, 0.717) is 45.2 Å². The highest BCUT2D eigenvalue weighted by molar-refractivity contribution is 6.30. The molecule has 0 saturated heterocycles. The van der Waals surface area contributed by atoms with Gasteiger partial charge in [-0.05, 0) is 98.5 Å². The van der Waals surface area contributed by atoms with Crippen molar-refractivity contribution < 1.29 is 19.1 Å². The molecule has 0 aliphatic rings. The van der Waals surface area contributed by atoms with E-state index in [9.17, 15) is 9.59 Å². The van der Waals surface area contributed by atoms with Gasteiger partial charge in [-0.15, -0.1) is 11.6 Å². The normalized spacial score (nSPS) is 13.6. The van der Waals surface area contributed by atoms with Gasteiger partial charge in [0.1, 0.15) is 22.8 Å². The monoisotopic (exact) mass is 714 g/mol. The smallest absolute Gasteiger partial charge is 0.193 e. The fourth-order valence-corrected chi connectivity index (χ4v) is 6.73. The molecule has 0 bridgehead atoms. The molecule has 0 amide bonds. The van der Waals surface area contributed by atoms with E-state index < -0.39 is 10.5 Å². The summed E-state index contributed by atoms with van der Waals surface area (Å²) < 4.78 is 13.1. The van der Waals surface area contributed by atoms with Crippen molar-refractivity contribution in [1.82, 2.24) is 0 Å². The Morgan fingerprint density at radius 3 is 1.55 bits per heavy atom. The molecule has 0 heterocycles. The average Bonchev–Trinajstić information content (AvgIpc) is 3.16. The molecule has 0 radical (unpaired) electrons. The molecule has 0 fully saturated rings. The number of rotatable bonds is 13. The summed E-state index contributed by atoms with van der Waals surface area (Å²) in [4.78, 5) is 25.9. The zero-order chi connectivity index (χ0) is 36.2. The molecule has 258 valence electrons. The molecule has 2 atom stereocenters. The Labute approximate surface area is 310 Å². The second-order valence-corrected chi connectivity index (χ2v) is 14.5. The predicted molar refractivity (Wildman–Crippen MR) is 208 cm³/mol. The highest BCUT2D eigenvalue weighted by atomic mass is 35.5. The SMILES string of the molecule is CCCC(C)(Cl)c1ccc(C(=O)c2ccc(Oc3ccc(OC(C)(CC)c4ccc(C(=O)c5ccc(Cl)cc5)cc4)c4ccccc34)cc2)cc1. The third kappa shape index (κ3) is 7.88. The number of hydrogen-bond donors (Lipinski definition) is 0. The largest absolute Gasteiger partial charge is 0.482 e. The molecule has 51 heavy (non-hydrogen) atoms. The van der Waals surface area contributed by atoms with E-state index in [1.165, 1.54) is 0 Å². The summed E-state index contributed by atoms with van der Waals surface area (Å²) in [5, 5.41) is 2.39. The summed E-state index contributed by atoms with van der Waals surface area (Å²) in [6, 6.07) is 41.1. The van der Waals surface area contributed by atoms with Crippen LogP contribution in [0.15, 0.2) is 133 Å². The molecule has 0 aliphatic carbocycles. The van der Waals surface area contributed by atoms with E-state index in [4.69, 9.17) is 32.7 Å². The van der Waals surface area contributed by atoms with Crippen LogP contribution in [-0.2, 0) is 10.5 Å². The van der Waals surface area contributed by atoms with E-state index in [1.807, 2.05) is 104 Å². The van der Waals surface area contributed by atoms with Gasteiger partial charge in [-0.2, -0.15) is 0 Å². The Morgan fingerprint density at radius 2 is 1.04 bits per heavy atom. The lowest BCUT2D eigenvalue weighted by atomic mass is 9.91. The van der Waals surface area contributed by atoms with E-state index in [2.05, 4.69) is 20.8 Å². The van der Waals surface area contributed by atoms with Crippen LogP contribution in [-0.4, -0.2) is 11.6 Å². The standard InChI is InChI=1S/C45H40Cl2O4/c1-5-29-44(3,47)34-19-11-30(12-20-34)43(49)33-17-25-37(26-18-33)50-40-27-28-41(39-10-8-7-9-38(39)40)51-45(4,6-2)35-21-13-31(14-22-35)42(48)32-15-23-36(46)24-16-32/h7-28H,5-6,29H2,1-4H3. The van der Waals surface area contributed by atoms with Crippen LogP contribution in [0.2, 0.25) is 5.02 Å². The summed E-state index contributed by atoms with van der Waals surface area (Å²) >= 11 is 12.7. The topological polar surface area (TPSA) is 52.6 Å². The third-order valence-electron chi connectivity index (χ3n) is 9.53. The van der Waals surface area contributed by atoms with Crippen molar-refractivity contribution in [3.05, 3.63) is 172 Å². The fraction of sp³-hybridized carbons (Fsp3) is 0.200. The molecule has 2 unspecified atom stereocenters. The first-order valence-electron chi connectivity index (χ1n) is 17.2. The number of halogens is 2. The minimum Gasteiger partial charge on any atom is -0.482 e. The highest BCUT2D eigenvalue weighted by Gasteiger charge is 2.28. The average molecular weight is 716 g/mol. The summed E-state index contributed by atoms with van der Waals surface area (Å²) in [6.07, 6.45) is 2.54. The number of benzene rings is 6. The van der Waals surface area contributed by atoms with Crippen molar-refractivity contribution in [2.24, 2.45) is 0 Å². The maximum Gasteiger partial charge on any atom is 0.193 e.